The van der Waals surface area contributed by atoms with Crippen LogP contribution in [0.4, 0.5) is 0 Å². The fourth-order valence-corrected chi connectivity index (χ4v) is 4.45. The van der Waals surface area contributed by atoms with Gasteiger partial charge in [0.05, 0.1) is 5.56 Å². The molecule has 0 saturated carbocycles. The molecule has 0 unspecified atom stereocenters. The van der Waals surface area contributed by atoms with Crippen LogP contribution in [-0.2, 0) is 13.1 Å². The van der Waals surface area contributed by atoms with Crippen LogP contribution in [0.2, 0.25) is 0 Å². The monoisotopic (exact) mass is 478 g/mol. The summed E-state index contributed by atoms with van der Waals surface area (Å²) >= 11 is 0. The molecule has 1 aliphatic rings. The van der Waals surface area contributed by atoms with E-state index in [4.69, 9.17) is 0 Å². The van der Waals surface area contributed by atoms with Crippen molar-refractivity contribution in [2.24, 2.45) is 5.41 Å². The number of H-pyrrole nitrogens is 1. The molecule has 1 aliphatic heterocycles. The average Bonchev–Trinajstić information content (AvgIpc) is 3.25. The Balaban J connectivity index is 0.00000181. The van der Waals surface area contributed by atoms with Gasteiger partial charge in [-0.25, -0.2) is 0 Å². The second-order valence-electron chi connectivity index (χ2n) is 9.28. The smallest absolute Gasteiger partial charge is 0.252 e. The third-order valence-electron chi connectivity index (χ3n) is 5.59. The van der Waals surface area contributed by atoms with Crippen LogP contribution < -0.4 is 10.6 Å². The van der Waals surface area contributed by atoms with E-state index in [0.29, 0.717) is 17.7 Å². The van der Waals surface area contributed by atoms with Crippen LogP contribution in [0.3, 0.4) is 0 Å². The van der Waals surface area contributed by atoms with Crippen molar-refractivity contribution in [3.63, 3.8) is 0 Å². The summed E-state index contributed by atoms with van der Waals surface area (Å²) in [6, 6.07) is 11.9. The summed E-state index contributed by atoms with van der Waals surface area (Å²) in [5.74, 6) is 0.0218. The molecule has 0 aliphatic carbocycles. The van der Waals surface area contributed by atoms with Crippen LogP contribution in [0.15, 0.2) is 36.4 Å². The Morgan fingerprint density at radius 3 is 2.59 bits per heavy atom. The van der Waals surface area contributed by atoms with E-state index in [9.17, 15) is 9.90 Å². The quantitative estimate of drug-likeness (QED) is 0.407. The van der Waals surface area contributed by atoms with Crippen LogP contribution in [0.25, 0.3) is 22.2 Å². The maximum absolute atomic E-state index is 12.3. The van der Waals surface area contributed by atoms with E-state index in [1.807, 2.05) is 0 Å². The largest absolute Gasteiger partial charge is 0.508 e. The van der Waals surface area contributed by atoms with E-state index in [0.717, 1.165) is 41.8 Å². The number of carbonyl (C=O) groups excluding carboxylic acids is 1. The first kappa shape index (κ1) is 26.0. The number of rotatable bonds is 7. The minimum atomic E-state index is -0.139. The Hall–Kier alpha value is -2.25. The predicted molar refractivity (Wildman–Crippen MR) is 135 cm³/mol. The molecule has 174 valence electrons. The molecule has 0 radical (unpaired) electrons. The molecule has 0 bridgehead atoms. The molecule has 8 heteroatoms. The first-order valence-electron chi connectivity index (χ1n) is 10.3. The van der Waals surface area contributed by atoms with Crippen LogP contribution in [0.5, 0.6) is 5.75 Å². The molecule has 2 aromatic carbocycles. The molecule has 0 saturated heterocycles. The zero-order valence-corrected chi connectivity index (χ0v) is 20.5. The number of aromatic hydroxyl groups is 1. The van der Waals surface area contributed by atoms with Gasteiger partial charge in [0.2, 0.25) is 0 Å². The van der Waals surface area contributed by atoms with Crippen molar-refractivity contribution in [2.45, 2.75) is 26.9 Å². The Kier molecular flexibility index (Phi) is 8.23. The number of aromatic amines is 1. The van der Waals surface area contributed by atoms with E-state index < -0.39 is 0 Å². The number of carbonyl (C=O) groups is 1. The molecule has 0 atom stereocenters. The predicted octanol–water partition coefficient (Wildman–Crippen LogP) is 4.30. The van der Waals surface area contributed by atoms with Gasteiger partial charge >= 0.3 is 0 Å². The molecule has 6 nitrogen and oxygen atoms in total. The molecule has 1 amide bonds. The van der Waals surface area contributed by atoms with Gasteiger partial charge in [-0.05, 0) is 55.4 Å². The lowest BCUT2D eigenvalue weighted by Gasteiger charge is -2.28. The first-order chi connectivity index (χ1) is 14.2. The van der Waals surface area contributed by atoms with Crippen molar-refractivity contribution in [1.29, 1.82) is 0 Å². The van der Waals surface area contributed by atoms with Gasteiger partial charge in [0.25, 0.3) is 5.91 Å². The highest BCUT2D eigenvalue weighted by molar-refractivity contribution is 6.05. The molecule has 0 spiro atoms. The molecule has 1 aromatic heterocycles. The Morgan fingerprint density at radius 1 is 1.12 bits per heavy atom. The number of fused-ring (bicyclic) bond motifs is 2. The Morgan fingerprint density at radius 2 is 1.88 bits per heavy atom. The third-order valence-corrected chi connectivity index (χ3v) is 5.59. The maximum atomic E-state index is 12.3. The van der Waals surface area contributed by atoms with E-state index >= 15 is 0 Å². The number of nitrogens with one attached hydrogen (secondary N) is 3. The molecule has 32 heavy (non-hydrogen) atoms. The lowest BCUT2D eigenvalue weighted by molar-refractivity contribution is 0.0966. The number of halogens is 2. The van der Waals surface area contributed by atoms with Gasteiger partial charge in [-0.2, -0.15) is 0 Å². The summed E-state index contributed by atoms with van der Waals surface area (Å²) in [5, 5.41) is 17.6. The highest BCUT2D eigenvalue weighted by Crippen LogP contribution is 2.35. The van der Waals surface area contributed by atoms with Crippen LogP contribution in [0.1, 0.15) is 35.3 Å². The van der Waals surface area contributed by atoms with Crippen LogP contribution >= 0.6 is 24.8 Å². The number of benzene rings is 2. The van der Waals surface area contributed by atoms with E-state index in [-0.39, 0.29) is 41.9 Å². The number of hydrogen-bond donors (Lipinski definition) is 4. The SMILES string of the molecule is CN(C)CC(C)(C)CNCc1ccc2[nH]c(-c3ccc(O)c4c3C(=O)NC4)cc2c1.Cl.Cl. The molecule has 4 rings (SSSR count). The zero-order valence-electron chi connectivity index (χ0n) is 18.9. The second-order valence-corrected chi connectivity index (χ2v) is 9.28. The second kappa shape index (κ2) is 10.1. The lowest BCUT2D eigenvalue weighted by Crippen LogP contribution is -2.37. The van der Waals surface area contributed by atoms with Crippen molar-refractivity contribution in [1.82, 2.24) is 20.5 Å². The standard InChI is InChI=1S/C24H30N4O2.2ClH/c1-24(2,14-28(3)4)13-25-11-15-5-7-19-16(9-15)10-20(27-19)17-6-8-21(29)18-12-26-23(30)22(17)18;;/h5-10,25,27,29H,11-14H2,1-4H3,(H,26,30);2*1H. The topological polar surface area (TPSA) is 80.4 Å². The molecular formula is C24H32Cl2N4O2. The van der Waals surface area contributed by atoms with Crippen molar-refractivity contribution in [3.05, 3.63) is 53.1 Å². The number of phenolic OH excluding ortho intramolecular Hbond substituents is 1. The third kappa shape index (κ3) is 5.38. The molecule has 4 N–H and O–H groups in total. The van der Waals surface area contributed by atoms with Crippen molar-refractivity contribution in [3.8, 4) is 17.0 Å². The van der Waals surface area contributed by atoms with Crippen molar-refractivity contribution in [2.75, 3.05) is 27.2 Å². The van der Waals surface area contributed by atoms with Gasteiger partial charge < -0.3 is 25.6 Å². The number of amides is 1. The molecular weight excluding hydrogens is 447 g/mol. The van der Waals surface area contributed by atoms with Crippen molar-refractivity contribution >= 4 is 41.6 Å². The summed E-state index contributed by atoms with van der Waals surface area (Å²) in [4.78, 5) is 17.9. The van der Waals surface area contributed by atoms with E-state index in [2.05, 4.69) is 72.7 Å². The number of phenols is 1. The number of aromatic nitrogens is 1. The Bertz CT molecular complexity index is 1110. The zero-order chi connectivity index (χ0) is 21.5. The minimum Gasteiger partial charge on any atom is -0.508 e. The fraction of sp³-hybridized carbons (Fsp3) is 0.375. The maximum Gasteiger partial charge on any atom is 0.252 e. The first-order valence-corrected chi connectivity index (χ1v) is 10.3. The van der Waals surface area contributed by atoms with Crippen molar-refractivity contribution < 1.29 is 9.90 Å². The summed E-state index contributed by atoms with van der Waals surface area (Å²) in [7, 11) is 4.21. The summed E-state index contributed by atoms with van der Waals surface area (Å²) in [6.45, 7) is 7.70. The number of hydrogen-bond acceptors (Lipinski definition) is 4. The lowest BCUT2D eigenvalue weighted by atomic mass is 9.93. The Labute approximate surface area is 201 Å². The van der Waals surface area contributed by atoms with E-state index in [1.54, 1.807) is 12.1 Å². The van der Waals surface area contributed by atoms with Gasteiger partial charge in [0, 0.05) is 53.9 Å². The normalized spacial score (nSPS) is 13.0. The van der Waals surface area contributed by atoms with Gasteiger partial charge in [0.15, 0.2) is 0 Å². The van der Waals surface area contributed by atoms with Gasteiger partial charge in [-0.15, -0.1) is 24.8 Å². The van der Waals surface area contributed by atoms with Crippen LogP contribution in [0, 0.1) is 5.41 Å². The number of nitrogens with zero attached hydrogens (tertiary/aromatic N) is 1. The fourth-order valence-electron chi connectivity index (χ4n) is 4.45. The average molecular weight is 479 g/mol. The summed E-state index contributed by atoms with van der Waals surface area (Å²) < 4.78 is 0. The molecule has 2 heterocycles. The van der Waals surface area contributed by atoms with Crippen LogP contribution in [-0.4, -0.2) is 48.1 Å². The highest BCUT2D eigenvalue weighted by Gasteiger charge is 2.26. The molecule has 3 aromatic rings. The van der Waals surface area contributed by atoms with Gasteiger partial charge in [0.1, 0.15) is 5.75 Å². The highest BCUT2D eigenvalue weighted by atomic mass is 35.5. The summed E-state index contributed by atoms with van der Waals surface area (Å²) in [5.41, 5.74) is 5.39. The van der Waals surface area contributed by atoms with E-state index in [1.165, 1.54) is 5.56 Å². The summed E-state index contributed by atoms with van der Waals surface area (Å²) in [6.07, 6.45) is 0. The van der Waals surface area contributed by atoms with Gasteiger partial charge in [-0.3, -0.25) is 4.79 Å². The molecule has 0 fully saturated rings. The van der Waals surface area contributed by atoms with Gasteiger partial charge in [-0.1, -0.05) is 19.9 Å². The minimum absolute atomic E-state index is 0.